The predicted octanol–water partition coefficient (Wildman–Crippen LogP) is 1.31. The van der Waals surface area contributed by atoms with Crippen LogP contribution >= 0.6 is 0 Å². The maximum Gasteiger partial charge on any atom is 0.243 e. The molecule has 1 amide bonds. The standard InChI is InChI=1S/C15H23FN4O/c1-5-17-15(18-10-14(21)19(2)3)20(4)11-12-6-8-13(16)9-7-12/h6-9H,5,10-11H2,1-4H3,(H,17,18). The average Bonchev–Trinajstić information content (AvgIpc) is 2.45. The molecule has 21 heavy (non-hydrogen) atoms. The molecule has 0 atom stereocenters. The van der Waals surface area contributed by atoms with Gasteiger partial charge in [0.25, 0.3) is 0 Å². The first-order valence-electron chi connectivity index (χ1n) is 6.88. The number of nitrogens with one attached hydrogen (secondary N) is 1. The molecule has 0 heterocycles. The first kappa shape index (κ1) is 16.9. The molecular weight excluding hydrogens is 271 g/mol. The summed E-state index contributed by atoms with van der Waals surface area (Å²) in [6, 6.07) is 6.34. The van der Waals surface area contributed by atoms with Crippen molar-refractivity contribution in [1.29, 1.82) is 0 Å². The fourth-order valence-corrected chi connectivity index (χ4v) is 1.69. The molecule has 0 aromatic heterocycles. The molecule has 1 aromatic rings. The number of carbonyl (C=O) groups is 1. The lowest BCUT2D eigenvalue weighted by Crippen LogP contribution is -2.39. The van der Waals surface area contributed by atoms with Gasteiger partial charge < -0.3 is 15.1 Å². The second-order valence-electron chi connectivity index (χ2n) is 4.94. The molecule has 0 unspecified atom stereocenters. The van der Waals surface area contributed by atoms with Crippen molar-refractivity contribution in [3.63, 3.8) is 0 Å². The number of nitrogens with zero attached hydrogens (tertiary/aromatic N) is 3. The zero-order chi connectivity index (χ0) is 15.8. The van der Waals surface area contributed by atoms with E-state index in [1.54, 1.807) is 26.2 Å². The number of hydrogen-bond acceptors (Lipinski definition) is 2. The minimum absolute atomic E-state index is 0.0550. The number of carbonyl (C=O) groups excluding carboxylic acids is 1. The highest BCUT2D eigenvalue weighted by Crippen LogP contribution is 2.05. The van der Waals surface area contributed by atoms with Crippen LogP contribution in [-0.2, 0) is 11.3 Å². The van der Waals surface area contributed by atoms with Crippen LogP contribution in [0.1, 0.15) is 12.5 Å². The van der Waals surface area contributed by atoms with Crippen molar-refractivity contribution < 1.29 is 9.18 Å². The first-order valence-corrected chi connectivity index (χ1v) is 6.88. The fraction of sp³-hybridized carbons (Fsp3) is 0.467. The first-order chi connectivity index (χ1) is 9.93. The van der Waals surface area contributed by atoms with Crippen LogP contribution in [0.3, 0.4) is 0 Å². The van der Waals surface area contributed by atoms with E-state index in [0.29, 0.717) is 19.0 Å². The molecule has 0 spiro atoms. The molecule has 116 valence electrons. The number of halogens is 1. The van der Waals surface area contributed by atoms with E-state index in [0.717, 1.165) is 5.56 Å². The van der Waals surface area contributed by atoms with Crippen LogP contribution in [0.2, 0.25) is 0 Å². The van der Waals surface area contributed by atoms with Gasteiger partial charge >= 0.3 is 0 Å². The van der Waals surface area contributed by atoms with E-state index in [4.69, 9.17) is 0 Å². The SMILES string of the molecule is CCNC(=NCC(=O)N(C)C)N(C)Cc1ccc(F)cc1. The third-order valence-corrected chi connectivity index (χ3v) is 2.89. The Morgan fingerprint density at radius 1 is 1.24 bits per heavy atom. The normalized spacial score (nSPS) is 11.2. The van der Waals surface area contributed by atoms with Crippen molar-refractivity contribution in [2.24, 2.45) is 4.99 Å². The summed E-state index contributed by atoms with van der Waals surface area (Å²) in [5.74, 6) is 0.344. The van der Waals surface area contributed by atoms with Gasteiger partial charge in [0.1, 0.15) is 12.4 Å². The summed E-state index contributed by atoms with van der Waals surface area (Å²) in [4.78, 5) is 19.3. The number of benzene rings is 1. The molecule has 0 bridgehead atoms. The maximum absolute atomic E-state index is 12.9. The molecule has 0 aliphatic rings. The smallest absolute Gasteiger partial charge is 0.243 e. The number of hydrogen-bond donors (Lipinski definition) is 1. The Balaban J connectivity index is 2.72. The van der Waals surface area contributed by atoms with Crippen LogP contribution < -0.4 is 5.32 Å². The number of amides is 1. The van der Waals surface area contributed by atoms with E-state index in [1.165, 1.54) is 17.0 Å². The van der Waals surface area contributed by atoms with E-state index in [1.807, 2.05) is 18.9 Å². The third kappa shape index (κ3) is 5.81. The summed E-state index contributed by atoms with van der Waals surface area (Å²) in [5.41, 5.74) is 0.975. The lowest BCUT2D eigenvalue weighted by Gasteiger charge is -2.22. The number of guanidine groups is 1. The van der Waals surface area contributed by atoms with Crippen LogP contribution in [-0.4, -0.2) is 55.9 Å². The Kier molecular flexibility index (Phi) is 6.65. The van der Waals surface area contributed by atoms with Crippen LogP contribution in [0, 0.1) is 5.82 Å². The van der Waals surface area contributed by atoms with Crippen LogP contribution in [0.15, 0.2) is 29.3 Å². The van der Waals surface area contributed by atoms with Gasteiger partial charge in [-0.25, -0.2) is 9.38 Å². The molecule has 1 N–H and O–H groups in total. The molecule has 0 aliphatic carbocycles. The highest BCUT2D eigenvalue weighted by molar-refractivity contribution is 5.84. The van der Waals surface area contributed by atoms with Gasteiger partial charge in [0.2, 0.25) is 5.91 Å². The Morgan fingerprint density at radius 2 is 1.86 bits per heavy atom. The highest BCUT2D eigenvalue weighted by atomic mass is 19.1. The maximum atomic E-state index is 12.9. The molecule has 0 saturated heterocycles. The largest absolute Gasteiger partial charge is 0.357 e. The van der Waals surface area contributed by atoms with Crippen LogP contribution in [0.5, 0.6) is 0 Å². The lowest BCUT2D eigenvalue weighted by molar-refractivity contribution is -0.127. The fourth-order valence-electron chi connectivity index (χ4n) is 1.69. The summed E-state index contributed by atoms with van der Waals surface area (Å²) < 4.78 is 12.9. The molecule has 1 rings (SSSR count). The van der Waals surface area contributed by atoms with Crippen molar-refractivity contribution in [3.05, 3.63) is 35.6 Å². The van der Waals surface area contributed by atoms with Gasteiger partial charge in [-0.05, 0) is 24.6 Å². The topological polar surface area (TPSA) is 47.9 Å². The monoisotopic (exact) mass is 294 g/mol. The van der Waals surface area contributed by atoms with Crippen molar-refractivity contribution >= 4 is 11.9 Å². The van der Waals surface area contributed by atoms with Crippen molar-refractivity contribution in [1.82, 2.24) is 15.1 Å². The molecule has 5 nitrogen and oxygen atoms in total. The van der Waals surface area contributed by atoms with Crippen LogP contribution in [0.25, 0.3) is 0 Å². The molecule has 0 saturated carbocycles. The number of likely N-dealkylation sites (N-methyl/N-ethyl adjacent to an activating group) is 1. The van der Waals surface area contributed by atoms with Gasteiger partial charge in [-0.3, -0.25) is 4.79 Å². The minimum Gasteiger partial charge on any atom is -0.357 e. The van der Waals surface area contributed by atoms with Crippen molar-refractivity contribution in [2.75, 3.05) is 34.2 Å². The van der Waals surface area contributed by atoms with Gasteiger partial charge in [0.15, 0.2) is 5.96 Å². The Morgan fingerprint density at radius 3 is 2.38 bits per heavy atom. The molecule has 6 heteroatoms. The van der Waals surface area contributed by atoms with Gasteiger partial charge in [0.05, 0.1) is 0 Å². The van der Waals surface area contributed by atoms with E-state index in [-0.39, 0.29) is 18.3 Å². The van der Waals surface area contributed by atoms with Gasteiger partial charge in [-0.2, -0.15) is 0 Å². The van der Waals surface area contributed by atoms with E-state index >= 15 is 0 Å². The Labute approximate surface area is 125 Å². The van der Waals surface area contributed by atoms with E-state index in [9.17, 15) is 9.18 Å². The number of aliphatic imine (C=N–C) groups is 1. The average molecular weight is 294 g/mol. The molecule has 0 radical (unpaired) electrons. The quantitative estimate of drug-likeness (QED) is 0.658. The molecule has 1 aromatic carbocycles. The van der Waals surface area contributed by atoms with Gasteiger partial charge in [0, 0.05) is 34.2 Å². The second-order valence-corrected chi connectivity index (χ2v) is 4.94. The lowest BCUT2D eigenvalue weighted by atomic mass is 10.2. The third-order valence-electron chi connectivity index (χ3n) is 2.89. The highest BCUT2D eigenvalue weighted by Gasteiger charge is 2.09. The summed E-state index contributed by atoms with van der Waals surface area (Å²) >= 11 is 0. The summed E-state index contributed by atoms with van der Waals surface area (Å²) in [5, 5.41) is 3.14. The van der Waals surface area contributed by atoms with Crippen LogP contribution in [0.4, 0.5) is 4.39 Å². The minimum atomic E-state index is -0.251. The molecule has 0 aliphatic heterocycles. The Bertz CT molecular complexity index is 485. The zero-order valence-corrected chi connectivity index (χ0v) is 13.1. The van der Waals surface area contributed by atoms with E-state index in [2.05, 4.69) is 10.3 Å². The predicted molar refractivity (Wildman–Crippen MR) is 82.5 cm³/mol. The van der Waals surface area contributed by atoms with Crippen molar-refractivity contribution in [2.45, 2.75) is 13.5 Å². The summed E-state index contributed by atoms with van der Waals surface area (Å²) in [7, 11) is 5.28. The second kappa shape index (κ2) is 8.24. The van der Waals surface area contributed by atoms with E-state index < -0.39 is 0 Å². The molecular formula is C15H23FN4O. The summed E-state index contributed by atoms with van der Waals surface area (Å²) in [6.45, 7) is 3.36. The zero-order valence-electron chi connectivity index (χ0n) is 13.1. The van der Waals surface area contributed by atoms with Gasteiger partial charge in [-0.15, -0.1) is 0 Å². The van der Waals surface area contributed by atoms with Crippen molar-refractivity contribution in [3.8, 4) is 0 Å². The van der Waals surface area contributed by atoms with Gasteiger partial charge in [-0.1, -0.05) is 12.1 Å². The summed E-state index contributed by atoms with van der Waals surface area (Å²) in [6.07, 6.45) is 0. The molecule has 0 fully saturated rings. The number of rotatable bonds is 5. The Hall–Kier alpha value is -2.11.